The molecule has 5 nitrogen and oxygen atoms in total. The van der Waals surface area contributed by atoms with Crippen LogP contribution >= 0.6 is 0 Å². The fourth-order valence-electron chi connectivity index (χ4n) is 3.78. The van der Waals surface area contributed by atoms with E-state index in [9.17, 15) is 14.0 Å². The summed E-state index contributed by atoms with van der Waals surface area (Å²) in [6.45, 7) is 3.14. The number of carbonyl (C=O) groups is 2. The Hall–Kier alpha value is -1.95. The smallest absolute Gasteiger partial charge is 0.317 e. The number of esters is 1. The van der Waals surface area contributed by atoms with Crippen molar-refractivity contribution >= 4 is 11.9 Å². The van der Waals surface area contributed by atoms with Gasteiger partial charge in [-0.15, -0.1) is 0 Å². The molecule has 1 aliphatic carbocycles. The average Bonchev–Trinajstić information content (AvgIpc) is 3.10. The summed E-state index contributed by atoms with van der Waals surface area (Å²) in [7, 11) is 0. The maximum atomic E-state index is 13.6. The lowest BCUT2D eigenvalue weighted by Crippen LogP contribution is -2.46. The van der Waals surface area contributed by atoms with Gasteiger partial charge < -0.3 is 14.4 Å². The zero-order valence-corrected chi connectivity index (χ0v) is 14.5. The minimum Gasteiger partial charge on any atom is -0.455 e. The highest BCUT2D eigenvalue weighted by molar-refractivity contribution is 5.86. The summed E-state index contributed by atoms with van der Waals surface area (Å²) in [6.07, 6.45) is 3.01. The van der Waals surface area contributed by atoms with Crippen molar-refractivity contribution in [3.63, 3.8) is 0 Å². The summed E-state index contributed by atoms with van der Waals surface area (Å²) < 4.78 is 24.4. The van der Waals surface area contributed by atoms with Crippen LogP contribution in [0.2, 0.25) is 0 Å². The molecule has 1 aromatic carbocycles. The number of morpholine rings is 1. The van der Waals surface area contributed by atoms with E-state index < -0.39 is 11.4 Å². The van der Waals surface area contributed by atoms with Crippen LogP contribution in [-0.2, 0) is 24.5 Å². The Labute approximate surface area is 147 Å². The predicted molar refractivity (Wildman–Crippen MR) is 89.5 cm³/mol. The SMILES string of the molecule is CC1CN(C(=O)COC(=O)C2(c3cccc(F)c3)CCCC2)CCO1. The largest absolute Gasteiger partial charge is 0.455 e. The highest BCUT2D eigenvalue weighted by Gasteiger charge is 2.44. The van der Waals surface area contributed by atoms with Gasteiger partial charge >= 0.3 is 5.97 Å². The lowest BCUT2D eigenvalue weighted by atomic mass is 9.79. The van der Waals surface area contributed by atoms with E-state index in [4.69, 9.17) is 9.47 Å². The summed E-state index contributed by atoms with van der Waals surface area (Å²) in [6, 6.07) is 6.14. The Morgan fingerprint density at radius 1 is 1.36 bits per heavy atom. The van der Waals surface area contributed by atoms with Crippen molar-refractivity contribution in [2.75, 3.05) is 26.3 Å². The quantitative estimate of drug-likeness (QED) is 0.784. The first-order chi connectivity index (χ1) is 12.0. The number of nitrogens with zero attached hydrogens (tertiary/aromatic N) is 1. The predicted octanol–water partition coefficient (Wildman–Crippen LogP) is 2.43. The van der Waals surface area contributed by atoms with Gasteiger partial charge in [0.05, 0.1) is 18.1 Å². The van der Waals surface area contributed by atoms with E-state index in [0.717, 1.165) is 12.8 Å². The van der Waals surface area contributed by atoms with Crippen LogP contribution in [0.4, 0.5) is 4.39 Å². The van der Waals surface area contributed by atoms with Crippen molar-refractivity contribution in [2.24, 2.45) is 0 Å². The molecule has 0 N–H and O–H groups in total. The summed E-state index contributed by atoms with van der Waals surface area (Å²) in [4.78, 5) is 26.7. The summed E-state index contributed by atoms with van der Waals surface area (Å²) >= 11 is 0. The van der Waals surface area contributed by atoms with E-state index in [2.05, 4.69) is 0 Å². The van der Waals surface area contributed by atoms with Crippen molar-refractivity contribution in [3.05, 3.63) is 35.6 Å². The highest BCUT2D eigenvalue weighted by Crippen LogP contribution is 2.42. The lowest BCUT2D eigenvalue weighted by molar-refractivity contribution is -0.159. The van der Waals surface area contributed by atoms with Crippen LogP contribution in [0.5, 0.6) is 0 Å². The number of hydrogen-bond donors (Lipinski definition) is 0. The maximum Gasteiger partial charge on any atom is 0.317 e. The van der Waals surface area contributed by atoms with Crippen molar-refractivity contribution in [1.82, 2.24) is 4.90 Å². The molecule has 0 aromatic heterocycles. The number of rotatable bonds is 4. The summed E-state index contributed by atoms with van der Waals surface area (Å²) in [5.41, 5.74) is -0.192. The monoisotopic (exact) mass is 349 g/mol. The zero-order valence-electron chi connectivity index (χ0n) is 14.5. The van der Waals surface area contributed by atoms with Gasteiger partial charge in [-0.3, -0.25) is 9.59 Å². The van der Waals surface area contributed by atoms with Crippen molar-refractivity contribution in [1.29, 1.82) is 0 Å². The Morgan fingerprint density at radius 3 is 2.80 bits per heavy atom. The molecule has 25 heavy (non-hydrogen) atoms. The molecule has 2 aliphatic rings. The van der Waals surface area contributed by atoms with Gasteiger partial charge in [-0.05, 0) is 37.5 Å². The molecule has 0 spiro atoms. The highest BCUT2D eigenvalue weighted by atomic mass is 19.1. The van der Waals surface area contributed by atoms with E-state index in [1.54, 1.807) is 17.0 Å². The molecule has 1 heterocycles. The van der Waals surface area contributed by atoms with Crippen LogP contribution in [0.3, 0.4) is 0 Å². The van der Waals surface area contributed by atoms with Gasteiger partial charge in [-0.2, -0.15) is 0 Å². The van der Waals surface area contributed by atoms with Crippen LogP contribution < -0.4 is 0 Å². The Morgan fingerprint density at radius 2 is 2.12 bits per heavy atom. The van der Waals surface area contributed by atoms with Gasteiger partial charge in [0.15, 0.2) is 6.61 Å². The van der Waals surface area contributed by atoms with Gasteiger partial charge in [-0.25, -0.2) is 4.39 Å². The van der Waals surface area contributed by atoms with E-state index in [1.807, 2.05) is 6.92 Å². The topological polar surface area (TPSA) is 55.8 Å². The number of benzene rings is 1. The number of hydrogen-bond acceptors (Lipinski definition) is 4. The zero-order chi connectivity index (χ0) is 17.9. The van der Waals surface area contributed by atoms with Crippen LogP contribution in [0.15, 0.2) is 24.3 Å². The minimum absolute atomic E-state index is 0.0122. The number of amides is 1. The molecule has 0 radical (unpaired) electrons. The van der Waals surface area contributed by atoms with Crippen molar-refractivity contribution in [3.8, 4) is 0 Å². The second-order valence-corrected chi connectivity index (χ2v) is 6.90. The van der Waals surface area contributed by atoms with Gasteiger partial charge in [0, 0.05) is 13.1 Å². The molecule has 2 fully saturated rings. The molecule has 1 saturated heterocycles. The second-order valence-electron chi connectivity index (χ2n) is 6.90. The molecule has 1 unspecified atom stereocenters. The first-order valence-corrected chi connectivity index (χ1v) is 8.84. The third-order valence-corrected chi connectivity index (χ3v) is 5.15. The standard InChI is InChI=1S/C19H24FNO4/c1-14-12-21(9-10-24-14)17(22)13-25-18(23)19(7-2-3-8-19)15-5-4-6-16(20)11-15/h4-6,11,14H,2-3,7-10,12-13H2,1H3. The number of halogens is 1. The van der Waals surface area contributed by atoms with Crippen molar-refractivity contribution in [2.45, 2.75) is 44.1 Å². The lowest BCUT2D eigenvalue weighted by Gasteiger charge is -2.32. The maximum absolute atomic E-state index is 13.6. The van der Waals surface area contributed by atoms with Crippen LogP contribution in [0.1, 0.15) is 38.2 Å². The molecular weight excluding hydrogens is 325 g/mol. The van der Waals surface area contributed by atoms with Crippen LogP contribution in [0.25, 0.3) is 0 Å². The molecule has 3 rings (SSSR count). The molecule has 0 bridgehead atoms. The van der Waals surface area contributed by atoms with Crippen LogP contribution in [-0.4, -0.2) is 49.2 Å². The average molecular weight is 349 g/mol. The molecule has 1 amide bonds. The normalized spacial score (nSPS) is 22.6. The fourth-order valence-corrected chi connectivity index (χ4v) is 3.78. The first kappa shape index (κ1) is 17.9. The summed E-state index contributed by atoms with van der Waals surface area (Å²) in [5, 5.41) is 0. The second kappa shape index (κ2) is 7.52. The molecule has 1 atom stereocenters. The molecule has 136 valence electrons. The van der Waals surface area contributed by atoms with Gasteiger partial charge in [0.2, 0.25) is 0 Å². The van der Waals surface area contributed by atoms with Crippen molar-refractivity contribution < 1.29 is 23.5 Å². The van der Waals surface area contributed by atoms with Gasteiger partial charge in [0.25, 0.3) is 5.91 Å². The minimum atomic E-state index is -0.833. The van der Waals surface area contributed by atoms with E-state index in [-0.39, 0.29) is 24.4 Å². The Kier molecular flexibility index (Phi) is 5.37. The van der Waals surface area contributed by atoms with E-state index in [1.165, 1.54) is 12.1 Å². The summed E-state index contributed by atoms with van der Waals surface area (Å²) in [5.74, 6) is -1.00. The molecule has 1 aromatic rings. The van der Waals surface area contributed by atoms with E-state index in [0.29, 0.717) is 38.1 Å². The molecule has 1 aliphatic heterocycles. The van der Waals surface area contributed by atoms with E-state index >= 15 is 0 Å². The molecular formula is C19H24FNO4. The Bertz CT molecular complexity index is 642. The molecule has 6 heteroatoms. The molecule has 1 saturated carbocycles. The first-order valence-electron chi connectivity index (χ1n) is 8.84. The number of carbonyl (C=O) groups excluding carboxylic acids is 2. The fraction of sp³-hybridized carbons (Fsp3) is 0.579. The van der Waals surface area contributed by atoms with Crippen LogP contribution in [0, 0.1) is 5.82 Å². The van der Waals surface area contributed by atoms with Gasteiger partial charge in [0.1, 0.15) is 5.82 Å². The third kappa shape index (κ3) is 3.84. The Balaban J connectivity index is 1.67. The third-order valence-electron chi connectivity index (χ3n) is 5.15. The number of ether oxygens (including phenoxy) is 2. The van der Waals surface area contributed by atoms with Gasteiger partial charge in [-0.1, -0.05) is 25.0 Å².